The van der Waals surface area contributed by atoms with E-state index in [1.54, 1.807) is 35.1 Å². The summed E-state index contributed by atoms with van der Waals surface area (Å²) in [5.74, 6) is 1.10. The van der Waals surface area contributed by atoms with Gasteiger partial charge in [0.25, 0.3) is 5.91 Å². The average Bonchev–Trinajstić information content (AvgIpc) is 3.47. The number of halogens is 1. The molecule has 5 aromatic rings. The predicted octanol–water partition coefficient (Wildman–Crippen LogP) is 5.65. The van der Waals surface area contributed by atoms with E-state index in [0.29, 0.717) is 18.1 Å². The Bertz CT molecular complexity index is 1420. The first kappa shape index (κ1) is 20.5. The molecule has 164 valence electrons. The molecule has 0 saturated heterocycles. The molecule has 1 amide bonds. The SMILES string of the molecule is O=C(Nc1ccn(Cc2cccc(F)c2)n1)c1ccc(COc2cccc3ccccc23)o1. The summed E-state index contributed by atoms with van der Waals surface area (Å²) >= 11 is 0. The zero-order chi connectivity index (χ0) is 22.6. The summed E-state index contributed by atoms with van der Waals surface area (Å²) in [4.78, 5) is 12.5. The highest BCUT2D eigenvalue weighted by Gasteiger charge is 2.14. The van der Waals surface area contributed by atoms with E-state index in [4.69, 9.17) is 9.15 Å². The van der Waals surface area contributed by atoms with Crippen molar-refractivity contribution in [3.05, 3.63) is 114 Å². The molecular weight excluding hydrogens is 421 g/mol. The van der Waals surface area contributed by atoms with Crippen LogP contribution in [0, 0.1) is 5.82 Å². The van der Waals surface area contributed by atoms with Crippen LogP contribution in [0.4, 0.5) is 10.2 Å². The quantitative estimate of drug-likeness (QED) is 0.354. The molecule has 2 aromatic heterocycles. The molecule has 33 heavy (non-hydrogen) atoms. The molecule has 0 saturated carbocycles. The van der Waals surface area contributed by atoms with Crippen molar-refractivity contribution in [3.8, 4) is 5.75 Å². The molecule has 0 spiro atoms. The van der Waals surface area contributed by atoms with E-state index in [1.165, 1.54) is 12.1 Å². The largest absolute Gasteiger partial charge is 0.485 e. The number of amides is 1. The summed E-state index contributed by atoms with van der Waals surface area (Å²) in [6, 6.07) is 25.1. The molecule has 0 aliphatic heterocycles. The Morgan fingerprint density at radius 1 is 1.00 bits per heavy atom. The van der Waals surface area contributed by atoms with Gasteiger partial charge in [-0.05, 0) is 41.3 Å². The number of carbonyl (C=O) groups excluding carboxylic acids is 1. The van der Waals surface area contributed by atoms with Gasteiger partial charge in [-0.1, -0.05) is 48.5 Å². The molecule has 3 aromatic carbocycles. The van der Waals surface area contributed by atoms with Crippen molar-refractivity contribution in [1.29, 1.82) is 0 Å². The fraction of sp³-hybridized carbons (Fsp3) is 0.0769. The lowest BCUT2D eigenvalue weighted by molar-refractivity contribution is 0.0992. The maximum absolute atomic E-state index is 13.4. The molecule has 0 bridgehead atoms. The maximum atomic E-state index is 13.4. The standard InChI is InChI=1S/C26H20FN3O3/c27-20-8-3-5-18(15-20)16-30-14-13-25(29-30)28-26(31)24-12-11-21(33-24)17-32-23-10-4-7-19-6-1-2-9-22(19)23/h1-15H,16-17H2,(H,28,29,31). The number of benzene rings is 3. The number of hydrogen-bond donors (Lipinski definition) is 1. The van der Waals surface area contributed by atoms with Crippen LogP contribution in [0.3, 0.4) is 0 Å². The minimum atomic E-state index is -0.414. The van der Waals surface area contributed by atoms with Gasteiger partial charge in [0.05, 0.1) is 6.54 Å². The molecular formula is C26H20FN3O3. The van der Waals surface area contributed by atoms with E-state index >= 15 is 0 Å². The van der Waals surface area contributed by atoms with Crippen LogP contribution in [-0.4, -0.2) is 15.7 Å². The summed E-state index contributed by atoms with van der Waals surface area (Å²) < 4.78 is 26.5. The second-order valence-electron chi connectivity index (χ2n) is 7.51. The number of anilines is 1. The summed E-state index contributed by atoms with van der Waals surface area (Å²) in [7, 11) is 0. The average molecular weight is 441 g/mol. The van der Waals surface area contributed by atoms with Gasteiger partial charge >= 0.3 is 0 Å². The zero-order valence-corrected chi connectivity index (χ0v) is 17.6. The minimum Gasteiger partial charge on any atom is -0.485 e. The Morgan fingerprint density at radius 3 is 2.76 bits per heavy atom. The zero-order valence-electron chi connectivity index (χ0n) is 17.6. The summed E-state index contributed by atoms with van der Waals surface area (Å²) in [5.41, 5.74) is 0.776. The predicted molar refractivity (Wildman–Crippen MR) is 123 cm³/mol. The van der Waals surface area contributed by atoms with Gasteiger partial charge in [-0.15, -0.1) is 0 Å². The molecule has 1 N–H and O–H groups in total. The van der Waals surface area contributed by atoms with Gasteiger partial charge in [-0.2, -0.15) is 5.10 Å². The lowest BCUT2D eigenvalue weighted by Crippen LogP contribution is -2.12. The number of furan rings is 1. The van der Waals surface area contributed by atoms with Crippen molar-refractivity contribution in [2.45, 2.75) is 13.2 Å². The number of ether oxygens (including phenoxy) is 1. The maximum Gasteiger partial charge on any atom is 0.292 e. The molecule has 7 heteroatoms. The van der Waals surface area contributed by atoms with Crippen LogP contribution in [0.15, 0.2) is 95.5 Å². The Hall–Kier alpha value is -4.39. The van der Waals surface area contributed by atoms with E-state index in [-0.39, 0.29) is 18.2 Å². The first-order chi connectivity index (χ1) is 16.1. The number of nitrogens with one attached hydrogen (secondary N) is 1. The number of fused-ring (bicyclic) bond motifs is 1. The monoisotopic (exact) mass is 441 g/mol. The third-order valence-electron chi connectivity index (χ3n) is 5.12. The van der Waals surface area contributed by atoms with Crippen molar-refractivity contribution in [2.24, 2.45) is 0 Å². The van der Waals surface area contributed by atoms with Crippen molar-refractivity contribution in [1.82, 2.24) is 9.78 Å². The van der Waals surface area contributed by atoms with Gasteiger partial charge in [0.1, 0.15) is 23.9 Å². The van der Waals surface area contributed by atoms with Crippen LogP contribution >= 0.6 is 0 Å². The molecule has 0 unspecified atom stereocenters. The van der Waals surface area contributed by atoms with E-state index in [0.717, 1.165) is 22.1 Å². The molecule has 0 atom stereocenters. The van der Waals surface area contributed by atoms with Gasteiger partial charge in [0.15, 0.2) is 11.6 Å². The first-order valence-electron chi connectivity index (χ1n) is 10.4. The van der Waals surface area contributed by atoms with Crippen LogP contribution in [0.25, 0.3) is 10.8 Å². The molecule has 2 heterocycles. The van der Waals surface area contributed by atoms with Crippen LogP contribution in [-0.2, 0) is 13.2 Å². The molecule has 0 fully saturated rings. The van der Waals surface area contributed by atoms with Crippen LogP contribution in [0.2, 0.25) is 0 Å². The highest BCUT2D eigenvalue weighted by molar-refractivity contribution is 6.01. The molecule has 5 rings (SSSR count). The summed E-state index contributed by atoms with van der Waals surface area (Å²) in [6.45, 7) is 0.591. The molecule has 6 nitrogen and oxygen atoms in total. The smallest absolute Gasteiger partial charge is 0.292 e. The number of carbonyl (C=O) groups is 1. The van der Waals surface area contributed by atoms with Crippen LogP contribution in [0.1, 0.15) is 21.9 Å². The fourth-order valence-electron chi connectivity index (χ4n) is 3.56. The highest BCUT2D eigenvalue weighted by atomic mass is 19.1. The number of rotatable bonds is 7. The summed E-state index contributed by atoms with van der Waals surface area (Å²) in [6.07, 6.45) is 1.71. The van der Waals surface area contributed by atoms with Crippen molar-refractivity contribution in [2.75, 3.05) is 5.32 Å². The fourth-order valence-corrected chi connectivity index (χ4v) is 3.56. The topological polar surface area (TPSA) is 69.3 Å². The lowest BCUT2D eigenvalue weighted by Gasteiger charge is -2.07. The normalized spacial score (nSPS) is 10.9. The lowest BCUT2D eigenvalue weighted by atomic mass is 10.1. The minimum absolute atomic E-state index is 0.159. The highest BCUT2D eigenvalue weighted by Crippen LogP contribution is 2.26. The van der Waals surface area contributed by atoms with Crippen LogP contribution < -0.4 is 10.1 Å². The second kappa shape index (κ2) is 9.00. The van der Waals surface area contributed by atoms with E-state index in [1.807, 2.05) is 48.5 Å². The third kappa shape index (κ3) is 4.77. The van der Waals surface area contributed by atoms with Crippen molar-refractivity contribution in [3.63, 3.8) is 0 Å². The Balaban J connectivity index is 1.20. The first-order valence-corrected chi connectivity index (χ1v) is 10.4. The van der Waals surface area contributed by atoms with Gasteiger partial charge in [-0.3, -0.25) is 9.48 Å². The summed E-state index contributed by atoms with van der Waals surface area (Å²) in [5, 5.41) is 9.12. The third-order valence-corrected chi connectivity index (χ3v) is 5.12. The number of aromatic nitrogens is 2. The number of hydrogen-bond acceptors (Lipinski definition) is 4. The molecule has 0 aliphatic carbocycles. The van der Waals surface area contributed by atoms with E-state index < -0.39 is 5.91 Å². The molecule has 0 aliphatic rings. The van der Waals surface area contributed by atoms with Gasteiger partial charge < -0.3 is 14.5 Å². The second-order valence-corrected chi connectivity index (χ2v) is 7.51. The van der Waals surface area contributed by atoms with Crippen LogP contribution in [0.5, 0.6) is 5.75 Å². The Kier molecular flexibility index (Phi) is 5.59. The van der Waals surface area contributed by atoms with E-state index in [9.17, 15) is 9.18 Å². The van der Waals surface area contributed by atoms with E-state index in [2.05, 4.69) is 10.4 Å². The number of nitrogens with zero attached hydrogens (tertiary/aromatic N) is 2. The van der Waals surface area contributed by atoms with Crippen molar-refractivity contribution >= 4 is 22.5 Å². The van der Waals surface area contributed by atoms with Gasteiger partial charge in [-0.25, -0.2) is 4.39 Å². The Labute approximate surface area is 189 Å². The van der Waals surface area contributed by atoms with Gasteiger partial charge in [0, 0.05) is 17.6 Å². The van der Waals surface area contributed by atoms with Gasteiger partial charge in [0.2, 0.25) is 0 Å². The molecule has 0 radical (unpaired) electrons. The van der Waals surface area contributed by atoms with Crippen molar-refractivity contribution < 1.29 is 18.3 Å². The Morgan fingerprint density at radius 2 is 1.85 bits per heavy atom.